The molecule has 9 saturated carbocycles. The zero-order valence-electron chi connectivity index (χ0n) is 52.2. The molecule has 0 N–H and O–H groups in total. The minimum absolute atomic E-state index is 0. The van der Waals surface area contributed by atoms with Gasteiger partial charge in [0.25, 0.3) is 0 Å². The summed E-state index contributed by atoms with van der Waals surface area (Å²) in [6.45, 7) is 0.768. The van der Waals surface area contributed by atoms with Crippen molar-refractivity contribution in [2.45, 2.75) is 168 Å². The minimum Gasteiger partial charge on any atom is -0.478 e. The molecule has 1 heterocycles. The van der Waals surface area contributed by atoms with Gasteiger partial charge in [-0.2, -0.15) is 127 Å². The molecule has 0 spiro atoms. The van der Waals surface area contributed by atoms with Crippen LogP contribution in [-0.4, -0.2) is 35.1 Å². The number of alkyl halides is 24. The number of benzene rings is 5. The van der Waals surface area contributed by atoms with Crippen molar-refractivity contribution in [3.63, 3.8) is 0 Å². The number of halogens is 24. The molecule has 10 aliphatic rings. The first kappa shape index (κ1) is 76.7. The Balaban J connectivity index is 0.000000208. The summed E-state index contributed by atoms with van der Waals surface area (Å²) < 4.78 is 347. The molecule has 9 fully saturated rings. The Morgan fingerprint density at radius 1 is 0.354 bits per heavy atom. The summed E-state index contributed by atoms with van der Waals surface area (Å²) in [4.78, 5) is 5.26. The van der Waals surface area contributed by atoms with E-state index in [9.17, 15) is 105 Å². The van der Waals surface area contributed by atoms with E-state index in [1.165, 1.54) is 37.4 Å². The van der Waals surface area contributed by atoms with Crippen molar-refractivity contribution < 1.29 is 130 Å². The number of rotatable bonds is 9. The van der Waals surface area contributed by atoms with Crippen molar-refractivity contribution in [2.24, 2.45) is 40.5 Å². The normalized spacial score (nSPS) is 26.8. The van der Waals surface area contributed by atoms with E-state index in [0.717, 1.165) is 48.0 Å². The first-order valence-electron chi connectivity index (χ1n) is 32.1. The number of hydrogen-bond acceptors (Lipinski definition) is 2. The number of hydrogen-bond donors (Lipinski definition) is 0. The summed E-state index contributed by atoms with van der Waals surface area (Å²) in [5, 5.41) is 1.35. The molecular weight excluding hydrogens is 1560 g/mol. The third-order valence-electron chi connectivity index (χ3n) is 21.1. The van der Waals surface area contributed by atoms with Crippen LogP contribution in [0.3, 0.4) is 0 Å². The van der Waals surface area contributed by atoms with Crippen molar-refractivity contribution in [3.8, 4) is 0 Å². The van der Waals surface area contributed by atoms with Crippen molar-refractivity contribution in [3.05, 3.63) is 179 Å². The van der Waals surface area contributed by atoms with E-state index in [1.807, 2.05) is 0 Å². The molecule has 5 aromatic carbocycles. The van der Waals surface area contributed by atoms with E-state index in [1.54, 1.807) is 77.0 Å². The van der Waals surface area contributed by atoms with E-state index in [0.29, 0.717) is 10.3 Å². The molecule has 5 radical (unpaired) electrons. The Morgan fingerprint density at radius 3 is 0.808 bits per heavy atom. The van der Waals surface area contributed by atoms with Gasteiger partial charge < -0.3 is 4.74 Å². The zero-order chi connectivity index (χ0) is 71.2. The molecule has 0 aromatic heterocycles. The predicted octanol–water partition coefficient (Wildman–Crippen LogP) is 21.2. The predicted molar refractivity (Wildman–Crippen MR) is 322 cm³/mol. The maximum absolute atomic E-state index is 14.2. The van der Waals surface area contributed by atoms with Crippen molar-refractivity contribution in [1.82, 2.24) is 0 Å². The van der Waals surface area contributed by atoms with Gasteiger partial charge in [0.15, 0.2) is 5.90 Å². The zero-order valence-corrected chi connectivity index (χ0v) is 55.5. The fraction of sp³-hybridized carbons (Fsp3) is 0.500. The Kier molecular flexibility index (Phi) is 21.6. The summed E-state index contributed by atoms with van der Waals surface area (Å²) in [6, 6.07) is 2.31. The monoisotopic (exact) mass is 1630 g/mol. The quantitative estimate of drug-likeness (QED) is 0.0819. The molecule has 9 aliphatic carbocycles. The summed E-state index contributed by atoms with van der Waals surface area (Å²) in [6.07, 6.45) is -20.8. The summed E-state index contributed by atoms with van der Waals surface area (Å²) in [5.74, 6) is 7.48. The topological polar surface area (TPSA) is 21.6 Å². The van der Waals surface area contributed by atoms with Gasteiger partial charge in [0.2, 0.25) is 0 Å². The van der Waals surface area contributed by atoms with Gasteiger partial charge in [-0.1, -0.05) is 86.8 Å². The molecule has 541 valence electrons. The van der Waals surface area contributed by atoms with Crippen LogP contribution >= 0.6 is 7.92 Å². The van der Waals surface area contributed by atoms with E-state index < -0.39 is 195 Å². The SMILES string of the molecule is FC(F)(F)c1cc([B-](c2cc(C(F)(F)F)cc(C(F)(F)F)c2)(c2cc(C(F)(F)F)cc(C(F)(F)F)c2)c2cc(C(F)(F)F)cc(C(F)(F)F)c2)cc(C(F)(F)F)c1.[CH]1[CH]CC[CH][CH]CC1.[Ir].c1ccc([C@@H]2COC(CP(C34CC5CC(CC(C5)C3)C4)C34CC5CC(CC(C5)C3)C4)=N2)cc1. The second-order valence-corrected chi connectivity index (χ2v) is 31.0. The first-order valence-corrected chi connectivity index (χ1v) is 33.6. The maximum Gasteiger partial charge on any atom is 0.416 e. The molecule has 5 aromatic rings. The Hall–Kier alpha value is -4.97. The Morgan fingerprint density at radius 2 is 0.586 bits per heavy atom. The minimum atomic E-state index is -6.13. The van der Waals surface area contributed by atoms with Crippen LogP contribution in [0.2, 0.25) is 0 Å². The van der Waals surface area contributed by atoms with Gasteiger partial charge in [0, 0.05) is 26.3 Å². The van der Waals surface area contributed by atoms with E-state index in [2.05, 4.69) is 56.0 Å². The second kappa shape index (κ2) is 27.9. The maximum atomic E-state index is 14.2. The smallest absolute Gasteiger partial charge is 0.416 e. The van der Waals surface area contributed by atoms with Crippen LogP contribution in [-0.2, 0) is 74.3 Å². The van der Waals surface area contributed by atoms with Gasteiger partial charge in [-0.25, -0.2) is 4.99 Å². The summed E-state index contributed by atoms with van der Waals surface area (Å²) >= 11 is 0. The molecule has 29 heteroatoms. The van der Waals surface area contributed by atoms with E-state index in [4.69, 9.17) is 9.73 Å². The van der Waals surface area contributed by atoms with Gasteiger partial charge in [0.05, 0.1) is 44.5 Å². The number of aliphatic imine (C=N–C) groups is 1. The molecule has 1 atom stereocenters. The summed E-state index contributed by atoms with van der Waals surface area (Å²) in [7, 11) is -0.0636. The van der Waals surface area contributed by atoms with E-state index >= 15 is 0 Å². The molecule has 8 bridgehead atoms. The van der Waals surface area contributed by atoms with Crippen LogP contribution < -0.4 is 21.9 Å². The van der Waals surface area contributed by atoms with Gasteiger partial charge in [-0.3, -0.25) is 0 Å². The van der Waals surface area contributed by atoms with Crippen molar-refractivity contribution in [2.75, 3.05) is 12.8 Å². The average molecular weight is 1630 g/mol. The first-order chi connectivity index (χ1) is 45.4. The van der Waals surface area contributed by atoms with Crippen LogP contribution in [0, 0.1) is 61.2 Å². The molecule has 0 amide bonds. The van der Waals surface area contributed by atoms with Gasteiger partial charge >= 0.3 is 49.4 Å². The fourth-order valence-electron chi connectivity index (χ4n) is 18.0. The molecule has 0 saturated heterocycles. The molecular formula is C70H64BF24IrNOP-. The largest absolute Gasteiger partial charge is 0.478 e. The molecule has 0 unspecified atom stereocenters. The summed E-state index contributed by atoms with van der Waals surface area (Å²) in [5.41, 5.74) is -28.9. The number of nitrogens with zero attached hydrogens (tertiary/aromatic N) is 1. The van der Waals surface area contributed by atoms with Crippen LogP contribution in [0.1, 0.15) is 159 Å². The molecule has 1 aliphatic heterocycles. The average Bonchev–Trinajstić information content (AvgIpc) is 0.879. The molecule has 99 heavy (non-hydrogen) atoms. The number of ether oxygens (including phenoxy) is 1. The van der Waals surface area contributed by atoms with Gasteiger partial charge in [-0.15, -0.1) is 0 Å². The van der Waals surface area contributed by atoms with Crippen molar-refractivity contribution in [1.29, 1.82) is 0 Å². The third-order valence-corrected chi connectivity index (χ3v) is 25.1. The molecule has 2 nitrogen and oxygen atoms in total. The van der Waals surface area contributed by atoms with Gasteiger partial charge in [-0.05, 0) is 204 Å². The Labute approximate surface area is 570 Å². The third kappa shape index (κ3) is 16.8. The van der Waals surface area contributed by atoms with Crippen LogP contribution in [0.4, 0.5) is 105 Å². The fourth-order valence-corrected chi connectivity index (χ4v) is 23.0. The van der Waals surface area contributed by atoms with Gasteiger partial charge in [0.1, 0.15) is 18.8 Å². The van der Waals surface area contributed by atoms with Crippen LogP contribution in [0.25, 0.3) is 0 Å². The Bertz CT molecular complexity index is 3120. The molecule has 15 rings (SSSR count). The van der Waals surface area contributed by atoms with E-state index in [-0.39, 0.29) is 34.1 Å². The van der Waals surface area contributed by atoms with Crippen molar-refractivity contribution >= 4 is 41.8 Å². The standard InChI is InChI=1S/C32H12BF24.C30H40NOP.C8H12.Ir/c34-25(35,36)13-1-14(26(37,38)39)6-21(5-13)33(22-7-15(27(40,41)42)2-16(8-22)28(43,44)45,23-9-17(29(46,47)48)3-18(10-23)30(49,50)51)24-11-19(31(52,53)54)4-20(12-24)32(55,56)57;1-2-4-26(5-3-1)27-18-32-28(31-27)19-33(29-12-20-6-21(13-29)8-22(7-20)14-29)30-15-23-9-24(16-30)11-25(10-23)17-30;1-2-4-6-8-7-5-3-1;/h1-12H;1-5,20-25,27H,6-19H2;1-2,7-8H,3-6H2;/q-1;;;/t;20?,21?,22?,23?,24?,25?,27-,29?,30?,33?;;/m.0../s1. The second-order valence-electron chi connectivity index (χ2n) is 28.0. The van der Waals surface area contributed by atoms with Crippen LogP contribution in [0.15, 0.2) is 108 Å². The van der Waals surface area contributed by atoms with Crippen LogP contribution in [0.5, 0.6) is 0 Å².